The molecule has 3 aliphatic rings. The summed E-state index contributed by atoms with van der Waals surface area (Å²) in [6.45, 7) is 2.50. The Balaban J connectivity index is 1.82. The van der Waals surface area contributed by atoms with E-state index in [0.29, 0.717) is 18.8 Å². The van der Waals surface area contributed by atoms with E-state index in [2.05, 4.69) is 5.32 Å². The predicted octanol–water partition coefficient (Wildman–Crippen LogP) is 0.275. The van der Waals surface area contributed by atoms with E-state index in [0.717, 1.165) is 19.3 Å². The van der Waals surface area contributed by atoms with Crippen LogP contribution in [0.1, 0.15) is 37.9 Å². The number of amides is 2. The topological polar surface area (TPSA) is 91.6 Å². The third-order valence-corrected chi connectivity index (χ3v) is 6.28. The minimum Gasteiger partial charge on any atom is -0.396 e. The van der Waals surface area contributed by atoms with Gasteiger partial charge in [-0.1, -0.05) is 12.5 Å². The van der Waals surface area contributed by atoms with Crippen LogP contribution >= 0.6 is 0 Å². The van der Waals surface area contributed by atoms with Gasteiger partial charge in [-0.15, -0.1) is 0 Å². The summed E-state index contributed by atoms with van der Waals surface area (Å²) in [4.78, 5) is 40.1. The fraction of sp³-hybridized carbons (Fsp3) is 0.632. The molecule has 1 aromatic rings. The molecule has 0 spiro atoms. The zero-order valence-corrected chi connectivity index (χ0v) is 14.9. The van der Waals surface area contributed by atoms with Gasteiger partial charge in [0, 0.05) is 43.3 Å². The number of aliphatic hydroxyl groups excluding tert-OH is 1. The Hall–Kier alpha value is -2.15. The molecule has 26 heavy (non-hydrogen) atoms. The van der Waals surface area contributed by atoms with Crippen LogP contribution in [0.5, 0.6) is 0 Å². The third kappa shape index (κ3) is 2.40. The van der Waals surface area contributed by atoms with E-state index in [1.807, 2.05) is 17.9 Å². The molecule has 0 radical (unpaired) electrons. The Morgan fingerprint density at radius 1 is 1.31 bits per heavy atom. The summed E-state index contributed by atoms with van der Waals surface area (Å²) in [6, 6.07) is 4.20. The second-order valence-electron chi connectivity index (χ2n) is 7.55. The van der Waals surface area contributed by atoms with Gasteiger partial charge in [0.2, 0.25) is 11.8 Å². The van der Waals surface area contributed by atoms with Crippen molar-refractivity contribution >= 4 is 11.8 Å². The van der Waals surface area contributed by atoms with Crippen LogP contribution in [0.2, 0.25) is 0 Å². The Morgan fingerprint density at radius 3 is 2.69 bits per heavy atom. The van der Waals surface area contributed by atoms with E-state index in [9.17, 15) is 19.5 Å². The van der Waals surface area contributed by atoms with Crippen LogP contribution in [-0.2, 0) is 16.1 Å². The number of aromatic nitrogens is 1. The van der Waals surface area contributed by atoms with Gasteiger partial charge in [-0.05, 0) is 25.8 Å². The smallest absolute Gasteiger partial charge is 0.250 e. The lowest BCUT2D eigenvalue weighted by Gasteiger charge is -2.41. The van der Waals surface area contributed by atoms with E-state index in [-0.39, 0.29) is 41.9 Å². The van der Waals surface area contributed by atoms with Crippen LogP contribution in [-0.4, -0.2) is 45.6 Å². The van der Waals surface area contributed by atoms with E-state index in [4.69, 9.17) is 0 Å². The minimum absolute atomic E-state index is 0.00862. The van der Waals surface area contributed by atoms with Crippen LogP contribution < -0.4 is 10.9 Å². The molecule has 2 bridgehead atoms. The third-order valence-electron chi connectivity index (χ3n) is 6.28. The standard InChI is InChI=1S/C19H25N3O4/c1-2-20-18(25)16-12(10-23)14-9-21-13(7-4-8-15(21)24)17(16)22(14)19(26)11-5-3-6-11/h4,7-8,11-12,14,16-17,23H,2-3,5-6,9-10H2,1H3,(H,20,25)/t12-,14-,16+,17+/m0/s1. The summed E-state index contributed by atoms with van der Waals surface area (Å²) in [7, 11) is 0. The van der Waals surface area contributed by atoms with Crippen LogP contribution in [0.15, 0.2) is 23.0 Å². The molecule has 7 heteroatoms. The molecule has 1 aromatic heterocycles. The number of carbonyl (C=O) groups excluding carboxylic acids is 2. The monoisotopic (exact) mass is 359 g/mol. The highest BCUT2D eigenvalue weighted by Gasteiger charge is 2.58. The molecule has 4 atom stereocenters. The number of nitrogens with one attached hydrogen (secondary N) is 1. The maximum atomic E-state index is 13.1. The van der Waals surface area contributed by atoms with Gasteiger partial charge in [0.25, 0.3) is 5.56 Å². The summed E-state index contributed by atoms with van der Waals surface area (Å²) in [5, 5.41) is 12.9. The van der Waals surface area contributed by atoms with Crippen LogP contribution in [0.3, 0.4) is 0 Å². The van der Waals surface area contributed by atoms with E-state index >= 15 is 0 Å². The van der Waals surface area contributed by atoms with Gasteiger partial charge in [-0.2, -0.15) is 0 Å². The molecule has 2 fully saturated rings. The fourth-order valence-corrected chi connectivity index (χ4v) is 4.82. The normalized spacial score (nSPS) is 29.8. The van der Waals surface area contributed by atoms with Crippen LogP contribution in [0.4, 0.5) is 0 Å². The number of rotatable bonds is 4. The fourth-order valence-electron chi connectivity index (χ4n) is 4.82. The molecule has 1 saturated heterocycles. The minimum atomic E-state index is -0.537. The average molecular weight is 359 g/mol. The summed E-state index contributed by atoms with van der Waals surface area (Å²) >= 11 is 0. The zero-order chi connectivity index (χ0) is 18.4. The van der Waals surface area contributed by atoms with E-state index in [1.54, 1.807) is 10.6 Å². The van der Waals surface area contributed by atoms with Gasteiger partial charge in [0.05, 0.1) is 18.0 Å². The van der Waals surface area contributed by atoms with Crippen molar-refractivity contribution < 1.29 is 14.7 Å². The van der Waals surface area contributed by atoms with Crippen LogP contribution in [0.25, 0.3) is 0 Å². The Morgan fingerprint density at radius 2 is 2.08 bits per heavy atom. The highest BCUT2D eigenvalue weighted by Crippen LogP contribution is 2.49. The molecule has 0 aromatic carbocycles. The maximum absolute atomic E-state index is 13.1. The summed E-state index contributed by atoms with van der Waals surface area (Å²) in [6.07, 6.45) is 2.82. The number of hydrogen-bond acceptors (Lipinski definition) is 4. The lowest BCUT2D eigenvalue weighted by Crippen LogP contribution is -2.51. The molecule has 1 saturated carbocycles. The second-order valence-corrected chi connectivity index (χ2v) is 7.55. The van der Waals surface area contributed by atoms with Crippen molar-refractivity contribution in [2.45, 2.75) is 44.8 Å². The van der Waals surface area contributed by atoms with Gasteiger partial charge in [-0.3, -0.25) is 14.4 Å². The highest BCUT2D eigenvalue weighted by molar-refractivity contribution is 5.85. The first-order valence-corrected chi connectivity index (χ1v) is 9.49. The lowest BCUT2D eigenvalue weighted by molar-refractivity contribution is -0.143. The van der Waals surface area contributed by atoms with E-state index < -0.39 is 12.0 Å². The number of aliphatic hydroxyl groups is 1. The van der Waals surface area contributed by atoms with Crippen LogP contribution in [0, 0.1) is 17.8 Å². The first kappa shape index (κ1) is 17.3. The van der Waals surface area contributed by atoms with Crippen molar-refractivity contribution in [2.75, 3.05) is 13.2 Å². The SMILES string of the molecule is CCNC(=O)[C@@H]1[C@@H](CO)[C@@H]2Cn3c(cccc3=O)[C@H]1N2C(=O)C1CCC1. The largest absolute Gasteiger partial charge is 0.396 e. The molecule has 2 amide bonds. The van der Waals surface area contributed by atoms with Crippen molar-refractivity contribution in [1.29, 1.82) is 0 Å². The first-order chi connectivity index (χ1) is 12.6. The molecule has 2 aliphatic heterocycles. The lowest BCUT2D eigenvalue weighted by atomic mass is 9.83. The van der Waals surface area contributed by atoms with Gasteiger partial charge < -0.3 is 19.9 Å². The number of fused-ring (bicyclic) bond motifs is 4. The van der Waals surface area contributed by atoms with Crippen molar-refractivity contribution in [3.05, 3.63) is 34.2 Å². The van der Waals surface area contributed by atoms with Gasteiger partial charge in [0.15, 0.2) is 0 Å². The Kier molecular flexibility index (Phi) is 4.34. The second kappa shape index (κ2) is 6.54. The first-order valence-electron chi connectivity index (χ1n) is 9.49. The van der Waals surface area contributed by atoms with Crippen molar-refractivity contribution in [3.8, 4) is 0 Å². The highest BCUT2D eigenvalue weighted by atomic mass is 16.3. The molecule has 140 valence electrons. The number of nitrogens with zero attached hydrogens (tertiary/aromatic N) is 2. The van der Waals surface area contributed by atoms with Gasteiger partial charge in [-0.25, -0.2) is 0 Å². The predicted molar refractivity (Wildman–Crippen MR) is 94.2 cm³/mol. The summed E-state index contributed by atoms with van der Waals surface area (Å²) in [5.41, 5.74) is 0.579. The molecule has 0 unspecified atom stereocenters. The molecule has 7 nitrogen and oxygen atoms in total. The van der Waals surface area contributed by atoms with Crippen molar-refractivity contribution in [3.63, 3.8) is 0 Å². The number of hydrogen-bond donors (Lipinski definition) is 2. The Bertz CT molecular complexity index is 785. The van der Waals surface area contributed by atoms with Crippen molar-refractivity contribution in [1.82, 2.24) is 14.8 Å². The molecular weight excluding hydrogens is 334 g/mol. The molecule has 2 N–H and O–H groups in total. The quantitative estimate of drug-likeness (QED) is 0.808. The molecular formula is C19H25N3O4. The number of pyridine rings is 1. The molecule has 4 rings (SSSR count). The van der Waals surface area contributed by atoms with Gasteiger partial charge in [0.1, 0.15) is 0 Å². The van der Waals surface area contributed by atoms with Gasteiger partial charge >= 0.3 is 0 Å². The maximum Gasteiger partial charge on any atom is 0.250 e. The van der Waals surface area contributed by atoms with Crippen molar-refractivity contribution in [2.24, 2.45) is 17.8 Å². The Labute approximate surface area is 152 Å². The number of carbonyl (C=O) groups is 2. The zero-order valence-electron chi connectivity index (χ0n) is 14.9. The molecule has 1 aliphatic carbocycles. The average Bonchev–Trinajstić information content (AvgIpc) is 2.81. The summed E-state index contributed by atoms with van der Waals surface area (Å²) < 4.78 is 1.67. The summed E-state index contributed by atoms with van der Waals surface area (Å²) in [5.74, 6) is -0.983. The molecule has 3 heterocycles. The van der Waals surface area contributed by atoms with E-state index in [1.165, 1.54) is 6.07 Å².